The molecular formula is C10H19N3O3. The summed E-state index contributed by atoms with van der Waals surface area (Å²) in [6.45, 7) is 2.99. The van der Waals surface area contributed by atoms with Gasteiger partial charge in [-0.3, -0.25) is 4.79 Å². The first-order valence-electron chi connectivity index (χ1n) is 5.39. The lowest BCUT2D eigenvalue weighted by Gasteiger charge is -2.32. The minimum Gasteiger partial charge on any atom is -0.409 e. The zero-order chi connectivity index (χ0) is 12.1. The van der Waals surface area contributed by atoms with Crippen LogP contribution in [0.25, 0.3) is 0 Å². The van der Waals surface area contributed by atoms with E-state index in [0.29, 0.717) is 13.2 Å². The molecule has 0 saturated carbocycles. The molecule has 6 heteroatoms. The Bertz CT molecular complexity index is 274. The molecule has 1 rings (SSSR count). The number of carbonyl (C=O) groups is 1. The molecule has 1 heterocycles. The van der Waals surface area contributed by atoms with Crippen molar-refractivity contribution in [2.24, 2.45) is 16.8 Å². The van der Waals surface area contributed by atoms with Gasteiger partial charge < -0.3 is 20.6 Å². The number of hydrogen-bond donors (Lipinski definition) is 2. The number of carbonyl (C=O) groups excluding carboxylic acids is 1. The molecule has 3 N–H and O–H groups in total. The van der Waals surface area contributed by atoms with Crippen LogP contribution in [-0.2, 0) is 9.53 Å². The molecule has 0 aromatic rings. The summed E-state index contributed by atoms with van der Waals surface area (Å²) in [5.41, 5.74) is 5.41. The van der Waals surface area contributed by atoms with E-state index < -0.39 is 5.92 Å². The highest BCUT2D eigenvalue weighted by Gasteiger charge is 2.27. The van der Waals surface area contributed by atoms with Crippen molar-refractivity contribution in [2.75, 3.05) is 20.3 Å². The number of nitrogens with zero attached hydrogens (tertiary/aromatic N) is 2. The molecule has 1 amide bonds. The van der Waals surface area contributed by atoms with Crippen LogP contribution in [0.5, 0.6) is 0 Å². The molecule has 0 aliphatic carbocycles. The van der Waals surface area contributed by atoms with Crippen molar-refractivity contribution < 1.29 is 14.7 Å². The van der Waals surface area contributed by atoms with E-state index in [1.54, 1.807) is 18.9 Å². The highest BCUT2D eigenvalue weighted by Crippen LogP contribution is 2.15. The van der Waals surface area contributed by atoms with Gasteiger partial charge in [0.2, 0.25) is 5.91 Å². The first kappa shape index (κ1) is 12.8. The average Bonchev–Trinajstić information content (AvgIpc) is 2.36. The highest BCUT2D eigenvalue weighted by atomic mass is 16.5. The smallest absolute Gasteiger partial charge is 0.233 e. The van der Waals surface area contributed by atoms with Crippen LogP contribution >= 0.6 is 0 Å². The number of amidine groups is 1. The van der Waals surface area contributed by atoms with E-state index in [2.05, 4.69) is 5.16 Å². The summed E-state index contributed by atoms with van der Waals surface area (Å²) >= 11 is 0. The second-order valence-electron chi connectivity index (χ2n) is 4.04. The first-order valence-corrected chi connectivity index (χ1v) is 5.39. The van der Waals surface area contributed by atoms with Crippen molar-refractivity contribution in [2.45, 2.75) is 25.8 Å². The third-order valence-corrected chi connectivity index (χ3v) is 3.02. The van der Waals surface area contributed by atoms with Crippen molar-refractivity contribution >= 4 is 11.7 Å². The van der Waals surface area contributed by atoms with Crippen LogP contribution in [0.1, 0.15) is 19.8 Å². The molecule has 0 spiro atoms. The Morgan fingerprint density at radius 3 is 2.62 bits per heavy atom. The van der Waals surface area contributed by atoms with Gasteiger partial charge in [0.25, 0.3) is 0 Å². The van der Waals surface area contributed by atoms with Gasteiger partial charge in [-0.05, 0) is 19.8 Å². The summed E-state index contributed by atoms with van der Waals surface area (Å²) in [6, 6.07) is 0.190. The number of ether oxygens (including phenoxy) is 1. The molecule has 1 aliphatic rings. The fraction of sp³-hybridized carbons (Fsp3) is 0.800. The van der Waals surface area contributed by atoms with Crippen molar-refractivity contribution in [3.8, 4) is 0 Å². The monoisotopic (exact) mass is 229 g/mol. The lowest BCUT2D eigenvalue weighted by Crippen LogP contribution is -2.45. The van der Waals surface area contributed by atoms with E-state index in [4.69, 9.17) is 15.7 Å². The number of oxime groups is 1. The summed E-state index contributed by atoms with van der Waals surface area (Å²) in [6.07, 6.45) is 1.68. The molecule has 16 heavy (non-hydrogen) atoms. The third kappa shape index (κ3) is 2.85. The Morgan fingerprint density at radius 2 is 2.12 bits per heavy atom. The lowest BCUT2D eigenvalue weighted by atomic mass is 10.0. The van der Waals surface area contributed by atoms with Crippen LogP contribution in [0.15, 0.2) is 5.16 Å². The quantitative estimate of drug-likeness (QED) is 0.309. The van der Waals surface area contributed by atoms with Crippen molar-refractivity contribution in [1.29, 1.82) is 0 Å². The molecule has 0 radical (unpaired) electrons. The third-order valence-electron chi connectivity index (χ3n) is 3.02. The zero-order valence-electron chi connectivity index (χ0n) is 9.72. The Balaban J connectivity index is 2.58. The fourth-order valence-electron chi connectivity index (χ4n) is 1.77. The van der Waals surface area contributed by atoms with E-state index in [-0.39, 0.29) is 17.8 Å². The Morgan fingerprint density at radius 1 is 1.56 bits per heavy atom. The average molecular weight is 229 g/mol. The maximum Gasteiger partial charge on any atom is 0.233 e. The van der Waals surface area contributed by atoms with E-state index in [9.17, 15) is 4.79 Å². The van der Waals surface area contributed by atoms with Gasteiger partial charge in [0.05, 0.1) is 5.92 Å². The van der Waals surface area contributed by atoms with Crippen LogP contribution in [0.4, 0.5) is 0 Å². The van der Waals surface area contributed by atoms with Gasteiger partial charge in [-0.2, -0.15) is 0 Å². The summed E-state index contributed by atoms with van der Waals surface area (Å²) in [7, 11) is 1.75. The Labute approximate surface area is 95.0 Å². The van der Waals surface area contributed by atoms with Crippen LogP contribution in [0, 0.1) is 5.92 Å². The number of amides is 1. The van der Waals surface area contributed by atoms with Crippen LogP contribution < -0.4 is 5.73 Å². The Kier molecular flexibility index (Phi) is 4.54. The molecule has 92 valence electrons. The summed E-state index contributed by atoms with van der Waals surface area (Å²) in [4.78, 5) is 13.6. The number of nitrogens with two attached hydrogens (primary N) is 1. The Hall–Kier alpha value is -1.30. The molecular weight excluding hydrogens is 210 g/mol. The topological polar surface area (TPSA) is 88.2 Å². The molecule has 1 unspecified atom stereocenters. The van der Waals surface area contributed by atoms with Crippen molar-refractivity contribution in [3.05, 3.63) is 0 Å². The minimum atomic E-state index is -0.585. The summed E-state index contributed by atoms with van der Waals surface area (Å²) in [5.74, 6) is -0.760. The lowest BCUT2D eigenvalue weighted by molar-refractivity contribution is -0.135. The SMILES string of the molecule is CC(C(=O)N(C)C1CCOCC1)C(N)=NO. The first-order chi connectivity index (χ1) is 7.57. The highest BCUT2D eigenvalue weighted by molar-refractivity contribution is 6.01. The molecule has 0 aromatic heterocycles. The maximum atomic E-state index is 12.0. The summed E-state index contributed by atoms with van der Waals surface area (Å²) < 4.78 is 5.23. The van der Waals surface area contributed by atoms with E-state index in [0.717, 1.165) is 12.8 Å². The van der Waals surface area contributed by atoms with Crippen molar-refractivity contribution in [1.82, 2.24) is 4.90 Å². The molecule has 0 aromatic carbocycles. The van der Waals surface area contributed by atoms with Gasteiger partial charge in [0.15, 0.2) is 5.84 Å². The standard InChI is InChI=1S/C10H19N3O3/c1-7(9(11)12-15)10(14)13(2)8-3-5-16-6-4-8/h7-8,15H,3-6H2,1-2H3,(H2,11,12). The largest absolute Gasteiger partial charge is 0.409 e. The van der Waals surface area contributed by atoms with Gasteiger partial charge in [-0.15, -0.1) is 0 Å². The van der Waals surface area contributed by atoms with Gasteiger partial charge in [-0.25, -0.2) is 0 Å². The normalized spacial score (nSPS) is 20.5. The zero-order valence-corrected chi connectivity index (χ0v) is 9.72. The predicted molar refractivity (Wildman–Crippen MR) is 59.2 cm³/mol. The van der Waals surface area contributed by atoms with Gasteiger partial charge in [0.1, 0.15) is 0 Å². The van der Waals surface area contributed by atoms with E-state index >= 15 is 0 Å². The maximum absolute atomic E-state index is 12.0. The van der Waals surface area contributed by atoms with E-state index in [1.165, 1.54) is 0 Å². The van der Waals surface area contributed by atoms with E-state index in [1.807, 2.05) is 0 Å². The van der Waals surface area contributed by atoms with Crippen LogP contribution in [-0.4, -0.2) is 48.2 Å². The van der Waals surface area contributed by atoms with Crippen LogP contribution in [0.2, 0.25) is 0 Å². The van der Waals surface area contributed by atoms with Crippen LogP contribution in [0.3, 0.4) is 0 Å². The number of hydrogen-bond acceptors (Lipinski definition) is 4. The minimum absolute atomic E-state index is 0.0519. The van der Waals surface area contributed by atoms with Crippen molar-refractivity contribution in [3.63, 3.8) is 0 Å². The molecule has 6 nitrogen and oxygen atoms in total. The summed E-state index contributed by atoms with van der Waals surface area (Å²) in [5, 5.41) is 11.4. The molecule has 1 aliphatic heterocycles. The fourth-order valence-corrected chi connectivity index (χ4v) is 1.77. The van der Waals surface area contributed by atoms with Gasteiger partial charge in [-0.1, -0.05) is 5.16 Å². The molecule has 1 saturated heterocycles. The molecule has 1 fully saturated rings. The second kappa shape index (κ2) is 5.69. The molecule has 0 bridgehead atoms. The second-order valence-corrected chi connectivity index (χ2v) is 4.04. The molecule has 1 atom stereocenters. The van der Waals surface area contributed by atoms with Gasteiger partial charge >= 0.3 is 0 Å². The predicted octanol–water partition coefficient (Wildman–Crippen LogP) is 0.00630. The van der Waals surface area contributed by atoms with Gasteiger partial charge in [0, 0.05) is 26.3 Å². The number of rotatable bonds is 3.